The third-order valence-electron chi connectivity index (χ3n) is 4.11. The second kappa shape index (κ2) is 8.36. The van der Waals surface area contributed by atoms with E-state index in [1.54, 1.807) is 34.5 Å². The monoisotopic (exact) mass is 408 g/mol. The number of halogens is 1. The van der Waals surface area contributed by atoms with Crippen molar-refractivity contribution in [2.75, 3.05) is 31.5 Å². The number of rotatable bonds is 4. The summed E-state index contributed by atoms with van der Waals surface area (Å²) in [6.07, 6.45) is -0.858. The lowest BCUT2D eigenvalue weighted by Crippen LogP contribution is -2.50. The molecule has 0 bridgehead atoms. The molecule has 1 aromatic carbocycles. The molecule has 3 amide bonds. The van der Waals surface area contributed by atoms with Crippen LogP contribution in [0.5, 0.6) is 0 Å². The highest BCUT2D eigenvalue weighted by atomic mass is 35.5. The van der Waals surface area contributed by atoms with Crippen molar-refractivity contribution in [3.05, 3.63) is 45.9 Å². The van der Waals surface area contributed by atoms with Crippen LogP contribution in [0.25, 0.3) is 0 Å². The first-order valence-corrected chi connectivity index (χ1v) is 9.45. The van der Waals surface area contributed by atoms with Crippen molar-refractivity contribution in [1.82, 2.24) is 14.8 Å². The molecule has 1 aliphatic rings. The molecule has 1 saturated heterocycles. The lowest BCUT2D eigenvalue weighted by atomic mass is 10.2. The molecule has 1 aliphatic heterocycles. The Labute approximate surface area is 164 Å². The standard InChI is InChI=1S/C17H17ClN4O4S/c18-12-3-1-11(2-4-12)15(24)20-16-19-13(10-27-16)9-14(23)21-5-7-22(8-6-21)17(25)26/h1-4,10H,5-9H2,(H,25,26)(H,19,20,24). The summed E-state index contributed by atoms with van der Waals surface area (Å²) in [7, 11) is 0. The molecule has 0 aliphatic carbocycles. The number of anilines is 1. The van der Waals surface area contributed by atoms with Gasteiger partial charge in [0, 0.05) is 42.1 Å². The molecule has 8 nitrogen and oxygen atoms in total. The van der Waals surface area contributed by atoms with Gasteiger partial charge in [0.25, 0.3) is 5.91 Å². The molecule has 1 fully saturated rings. The zero-order valence-corrected chi connectivity index (χ0v) is 15.8. The van der Waals surface area contributed by atoms with Gasteiger partial charge in [-0.25, -0.2) is 9.78 Å². The fourth-order valence-electron chi connectivity index (χ4n) is 2.63. The minimum absolute atomic E-state index is 0.110. The molecule has 0 atom stereocenters. The van der Waals surface area contributed by atoms with E-state index in [-0.39, 0.29) is 18.2 Å². The van der Waals surface area contributed by atoms with Gasteiger partial charge in [-0.15, -0.1) is 11.3 Å². The highest BCUT2D eigenvalue weighted by Gasteiger charge is 2.24. The van der Waals surface area contributed by atoms with E-state index in [0.717, 1.165) is 0 Å². The van der Waals surface area contributed by atoms with Gasteiger partial charge in [-0.05, 0) is 24.3 Å². The summed E-state index contributed by atoms with van der Waals surface area (Å²) in [5, 5.41) is 14.3. The summed E-state index contributed by atoms with van der Waals surface area (Å²) in [5.41, 5.74) is 1.03. The Morgan fingerprint density at radius 3 is 2.37 bits per heavy atom. The van der Waals surface area contributed by atoms with Crippen molar-refractivity contribution < 1.29 is 19.5 Å². The minimum atomic E-state index is -0.970. The van der Waals surface area contributed by atoms with Crippen LogP contribution in [0, 0.1) is 0 Å². The van der Waals surface area contributed by atoms with E-state index in [1.807, 2.05) is 0 Å². The van der Waals surface area contributed by atoms with Gasteiger partial charge < -0.3 is 14.9 Å². The maximum atomic E-state index is 12.4. The number of thiazole rings is 1. The second-order valence-electron chi connectivity index (χ2n) is 5.93. The lowest BCUT2D eigenvalue weighted by Gasteiger charge is -2.33. The Balaban J connectivity index is 1.53. The zero-order valence-electron chi connectivity index (χ0n) is 14.2. The molecule has 142 valence electrons. The Hall–Kier alpha value is -2.65. The fourth-order valence-corrected chi connectivity index (χ4v) is 3.46. The molecule has 0 spiro atoms. The SMILES string of the molecule is O=C(Nc1nc(CC(=O)N2CCN(C(=O)O)CC2)cs1)c1ccc(Cl)cc1. The van der Waals surface area contributed by atoms with E-state index >= 15 is 0 Å². The van der Waals surface area contributed by atoms with Gasteiger partial charge in [-0.1, -0.05) is 11.6 Å². The Kier molecular flexibility index (Phi) is 5.92. The topological polar surface area (TPSA) is 103 Å². The van der Waals surface area contributed by atoms with Crippen LogP contribution in [-0.4, -0.2) is 64.0 Å². The summed E-state index contributed by atoms with van der Waals surface area (Å²) in [5.74, 6) is -0.412. The van der Waals surface area contributed by atoms with Crippen LogP contribution in [0.15, 0.2) is 29.6 Å². The van der Waals surface area contributed by atoms with Crippen LogP contribution >= 0.6 is 22.9 Å². The van der Waals surface area contributed by atoms with Crippen LogP contribution in [-0.2, 0) is 11.2 Å². The summed E-state index contributed by atoms with van der Waals surface area (Å²) in [6, 6.07) is 6.50. The van der Waals surface area contributed by atoms with Crippen molar-refractivity contribution in [2.24, 2.45) is 0 Å². The largest absolute Gasteiger partial charge is 0.465 e. The quantitative estimate of drug-likeness (QED) is 0.808. The first-order chi connectivity index (χ1) is 12.9. The van der Waals surface area contributed by atoms with Crippen molar-refractivity contribution in [3.63, 3.8) is 0 Å². The Morgan fingerprint density at radius 2 is 1.74 bits per heavy atom. The summed E-state index contributed by atoms with van der Waals surface area (Å²) >= 11 is 7.05. The van der Waals surface area contributed by atoms with Gasteiger partial charge in [0.15, 0.2) is 5.13 Å². The molecule has 3 rings (SSSR count). The molecule has 0 unspecified atom stereocenters. The van der Waals surface area contributed by atoms with Gasteiger partial charge in [0.1, 0.15) is 0 Å². The number of carbonyl (C=O) groups is 3. The first-order valence-electron chi connectivity index (χ1n) is 8.19. The number of carboxylic acid groups (broad SMARTS) is 1. The van der Waals surface area contributed by atoms with Gasteiger partial charge in [-0.3, -0.25) is 14.9 Å². The van der Waals surface area contributed by atoms with E-state index in [2.05, 4.69) is 10.3 Å². The number of nitrogens with zero attached hydrogens (tertiary/aromatic N) is 3. The smallest absolute Gasteiger partial charge is 0.407 e. The number of hydrogen-bond acceptors (Lipinski definition) is 5. The highest BCUT2D eigenvalue weighted by molar-refractivity contribution is 7.14. The normalized spacial score (nSPS) is 14.1. The number of amides is 3. The number of benzene rings is 1. The molecule has 27 heavy (non-hydrogen) atoms. The maximum Gasteiger partial charge on any atom is 0.407 e. The highest BCUT2D eigenvalue weighted by Crippen LogP contribution is 2.18. The molecular formula is C17H17ClN4O4S. The molecule has 0 saturated carbocycles. The maximum absolute atomic E-state index is 12.4. The number of carbonyl (C=O) groups excluding carboxylic acids is 2. The van der Waals surface area contributed by atoms with Crippen molar-refractivity contribution in [2.45, 2.75) is 6.42 Å². The third kappa shape index (κ3) is 4.95. The molecule has 10 heteroatoms. The van der Waals surface area contributed by atoms with Gasteiger partial charge >= 0.3 is 6.09 Å². The van der Waals surface area contributed by atoms with Crippen molar-refractivity contribution in [1.29, 1.82) is 0 Å². The molecular weight excluding hydrogens is 392 g/mol. The van der Waals surface area contributed by atoms with Gasteiger partial charge in [-0.2, -0.15) is 0 Å². The van der Waals surface area contributed by atoms with E-state index < -0.39 is 6.09 Å². The van der Waals surface area contributed by atoms with Crippen LogP contribution in [0.2, 0.25) is 5.02 Å². The van der Waals surface area contributed by atoms with Crippen molar-refractivity contribution in [3.8, 4) is 0 Å². The van der Waals surface area contributed by atoms with Gasteiger partial charge in [0.05, 0.1) is 12.1 Å². The van der Waals surface area contributed by atoms with Crippen LogP contribution in [0.4, 0.5) is 9.93 Å². The Bertz CT molecular complexity index is 847. The van der Waals surface area contributed by atoms with E-state index in [9.17, 15) is 14.4 Å². The summed E-state index contributed by atoms with van der Waals surface area (Å²) < 4.78 is 0. The van der Waals surface area contributed by atoms with Crippen molar-refractivity contribution >= 4 is 46.0 Å². The van der Waals surface area contributed by atoms with E-state index in [4.69, 9.17) is 16.7 Å². The lowest BCUT2D eigenvalue weighted by molar-refractivity contribution is -0.132. The molecule has 0 radical (unpaired) electrons. The summed E-state index contributed by atoms with van der Waals surface area (Å²) in [4.78, 5) is 42.6. The Morgan fingerprint density at radius 1 is 1.11 bits per heavy atom. The van der Waals surface area contributed by atoms with E-state index in [1.165, 1.54) is 16.2 Å². The number of nitrogens with one attached hydrogen (secondary N) is 1. The fraction of sp³-hybridized carbons (Fsp3) is 0.294. The predicted octanol–water partition coefficient (Wildman–Crippen LogP) is 2.41. The average molecular weight is 409 g/mol. The minimum Gasteiger partial charge on any atom is -0.465 e. The average Bonchev–Trinajstić information content (AvgIpc) is 3.09. The zero-order chi connectivity index (χ0) is 19.4. The predicted molar refractivity (Wildman–Crippen MR) is 101 cm³/mol. The molecule has 1 aromatic heterocycles. The third-order valence-corrected chi connectivity index (χ3v) is 5.17. The number of hydrogen-bond donors (Lipinski definition) is 2. The number of piperazine rings is 1. The van der Waals surface area contributed by atoms with Gasteiger partial charge in [0.2, 0.25) is 5.91 Å². The van der Waals surface area contributed by atoms with Crippen LogP contribution in [0.1, 0.15) is 16.1 Å². The first kappa shape index (κ1) is 19.1. The van der Waals surface area contributed by atoms with Crippen LogP contribution in [0.3, 0.4) is 0 Å². The molecule has 2 heterocycles. The van der Waals surface area contributed by atoms with E-state index in [0.29, 0.717) is 47.6 Å². The summed E-state index contributed by atoms with van der Waals surface area (Å²) in [6.45, 7) is 1.35. The molecule has 2 aromatic rings. The van der Waals surface area contributed by atoms with Crippen LogP contribution < -0.4 is 5.32 Å². The molecule has 2 N–H and O–H groups in total. The second-order valence-corrected chi connectivity index (χ2v) is 7.23. The number of aromatic nitrogens is 1.